The lowest BCUT2D eigenvalue weighted by molar-refractivity contribution is 0.0970. The second-order valence-corrected chi connectivity index (χ2v) is 4.77. The Morgan fingerprint density at radius 3 is 2.42 bits per heavy atom. The summed E-state index contributed by atoms with van der Waals surface area (Å²) in [6, 6.07) is 6.66. The highest BCUT2D eigenvalue weighted by molar-refractivity contribution is 6.30. The molecule has 0 amide bonds. The largest absolute Gasteiger partial charge is 0.328 e. The first-order valence-corrected chi connectivity index (χ1v) is 6.54. The van der Waals surface area contributed by atoms with Crippen LogP contribution in [0, 0.1) is 0 Å². The first-order chi connectivity index (χ1) is 9.11. The van der Waals surface area contributed by atoms with Crippen molar-refractivity contribution in [2.45, 2.75) is 26.4 Å². The normalized spacial score (nSPS) is 10.6. The highest BCUT2D eigenvalue weighted by Crippen LogP contribution is 2.10. The smallest absolute Gasteiger partial charge is 0.299 e. The molecule has 1 aromatic carbocycles. The van der Waals surface area contributed by atoms with Gasteiger partial charge in [-0.3, -0.25) is 13.9 Å². The summed E-state index contributed by atoms with van der Waals surface area (Å²) in [6.07, 6.45) is 4.24. The number of hydrogen-bond donors (Lipinski definition) is 0. The fourth-order valence-electron chi connectivity index (χ4n) is 1.87. The highest BCUT2D eigenvalue weighted by atomic mass is 35.5. The Morgan fingerprint density at radius 2 is 1.79 bits per heavy atom. The van der Waals surface area contributed by atoms with E-state index in [0.717, 1.165) is 6.42 Å². The summed E-state index contributed by atoms with van der Waals surface area (Å²) in [5.74, 6) is -0.104. The van der Waals surface area contributed by atoms with E-state index < -0.39 is 0 Å². The minimum atomic E-state index is -0.149. The number of hydrogen-bond acceptors (Lipinski definition) is 2. The maximum Gasteiger partial charge on any atom is 0.328 e. The van der Waals surface area contributed by atoms with Gasteiger partial charge in [0.2, 0.25) is 0 Å². The van der Waals surface area contributed by atoms with Crippen molar-refractivity contribution in [2.24, 2.45) is 0 Å². The van der Waals surface area contributed by atoms with Gasteiger partial charge < -0.3 is 0 Å². The number of imidazole rings is 1. The van der Waals surface area contributed by atoms with Crippen LogP contribution in [-0.2, 0) is 13.1 Å². The third-order valence-corrected chi connectivity index (χ3v) is 3.11. The predicted octanol–water partition coefficient (Wildman–Crippen LogP) is 2.60. The molecule has 19 heavy (non-hydrogen) atoms. The SMILES string of the molecule is CCCn1ccn(CC(=O)c2ccc(Cl)cc2)c1=O. The standard InChI is InChI=1S/C14H15ClN2O2/c1-2-7-16-8-9-17(14(16)19)10-13(18)11-3-5-12(15)6-4-11/h3-6,8-9H,2,7,10H2,1H3. The molecule has 0 aliphatic rings. The lowest BCUT2D eigenvalue weighted by atomic mass is 10.1. The lowest BCUT2D eigenvalue weighted by Crippen LogP contribution is -2.26. The summed E-state index contributed by atoms with van der Waals surface area (Å²) in [5.41, 5.74) is 0.406. The zero-order valence-corrected chi connectivity index (χ0v) is 11.4. The van der Waals surface area contributed by atoms with Gasteiger partial charge in [-0.15, -0.1) is 0 Å². The van der Waals surface area contributed by atoms with Crippen LogP contribution in [0.15, 0.2) is 41.5 Å². The van der Waals surface area contributed by atoms with Crippen LogP contribution in [0.4, 0.5) is 0 Å². The number of rotatable bonds is 5. The van der Waals surface area contributed by atoms with E-state index in [2.05, 4.69) is 0 Å². The van der Waals surface area contributed by atoms with Gasteiger partial charge in [0.05, 0.1) is 6.54 Å². The molecule has 0 atom stereocenters. The summed E-state index contributed by atoms with van der Waals surface area (Å²) >= 11 is 5.77. The first-order valence-electron chi connectivity index (χ1n) is 6.16. The fraction of sp³-hybridized carbons (Fsp3) is 0.286. The van der Waals surface area contributed by atoms with Gasteiger partial charge in [-0.2, -0.15) is 0 Å². The monoisotopic (exact) mass is 278 g/mol. The van der Waals surface area contributed by atoms with E-state index in [0.29, 0.717) is 17.1 Å². The first kappa shape index (κ1) is 13.6. The third-order valence-electron chi connectivity index (χ3n) is 2.86. The van der Waals surface area contributed by atoms with E-state index in [1.165, 1.54) is 4.57 Å². The van der Waals surface area contributed by atoms with E-state index in [1.54, 1.807) is 41.2 Å². The minimum absolute atomic E-state index is 0.0528. The highest BCUT2D eigenvalue weighted by Gasteiger charge is 2.09. The quantitative estimate of drug-likeness (QED) is 0.789. The van der Waals surface area contributed by atoms with Crippen molar-refractivity contribution in [2.75, 3.05) is 0 Å². The molecular formula is C14H15ClN2O2. The van der Waals surface area contributed by atoms with E-state index in [4.69, 9.17) is 11.6 Å². The summed E-state index contributed by atoms with van der Waals surface area (Å²) in [6.45, 7) is 2.72. The van der Waals surface area contributed by atoms with Crippen LogP contribution in [-0.4, -0.2) is 14.9 Å². The molecule has 2 rings (SSSR count). The van der Waals surface area contributed by atoms with Crippen LogP contribution in [0.2, 0.25) is 5.02 Å². The molecule has 0 fully saturated rings. The summed E-state index contributed by atoms with van der Waals surface area (Å²) in [5, 5.41) is 0.586. The zero-order chi connectivity index (χ0) is 13.8. The van der Waals surface area contributed by atoms with Crippen molar-refractivity contribution >= 4 is 17.4 Å². The topological polar surface area (TPSA) is 44.0 Å². The van der Waals surface area contributed by atoms with E-state index in [-0.39, 0.29) is 18.0 Å². The number of halogens is 1. The maximum absolute atomic E-state index is 12.0. The van der Waals surface area contributed by atoms with Crippen molar-refractivity contribution in [1.82, 2.24) is 9.13 Å². The number of ketones is 1. The number of carbonyl (C=O) groups excluding carboxylic acids is 1. The van der Waals surface area contributed by atoms with Gasteiger partial charge in [0.1, 0.15) is 0 Å². The van der Waals surface area contributed by atoms with Crippen LogP contribution in [0.25, 0.3) is 0 Å². The molecule has 1 heterocycles. The average molecular weight is 279 g/mol. The van der Waals surface area contributed by atoms with Gasteiger partial charge in [0.25, 0.3) is 0 Å². The molecule has 0 saturated carbocycles. The van der Waals surface area contributed by atoms with Gasteiger partial charge in [-0.1, -0.05) is 18.5 Å². The second kappa shape index (κ2) is 5.89. The molecule has 0 radical (unpaired) electrons. The summed E-state index contributed by atoms with van der Waals surface area (Å²) in [7, 11) is 0. The van der Waals surface area contributed by atoms with Crippen molar-refractivity contribution < 1.29 is 4.79 Å². The van der Waals surface area contributed by atoms with Crippen molar-refractivity contribution in [1.29, 1.82) is 0 Å². The summed E-state index contributed by atoms with van der Waals surface area (Å²) < 4.78 is 3.03. The average Bonchev–Trinajstić information content (AvgIpc) is 2.73. The van der Waals surface area contributed by atoms with Crippen molar-refractivity contribution in [3.05, 3.63) is 57.7 Å². The second-order valence-electron chi connectivity index (χ2n) is 4.33. The molecule has 0 aliphatic carbocycles. The zero-order valence-electron chi connectivity index (χ0n) is 10.7. The molecule has 1 aromatic heterocycles. The fourth-order valence-corrected chi connectivity index (χ4v) is 1.99. The molecular weight excluding hydrogens is 264 g/mol. The summed E-state index contributed by atoms with van der Waals surface area (Å²) in [4.78, 5) is 24.0. The Bertz CT molecular complexity index is 626. The predicted molar refractivity (Wildman–Crippen MR) is 74.8 cm³/mol. The maximum atomic E-state index is 12.0. The molecule has 0 bridgehead atoms. The Balaban J connectivity index is 2.15. The lowest BCUT2D eigenvalue weighted by Gasteiger charge is -2.02. The molecule has 0 aliphatic heterocycles. The van der Waals surface area contributed by atoms with Crippen molar-refractivity contribution in [3.63, 3.8) is 0 Å². The van der Waals surface area contributed by atoms with E-state index >= 15 is 0 Å². The van der Waals surface area contributed by atoms with Gasteiger partial charge in [-0.25, -0.2) is 4.79 Å². The number of Topliss-reactive ketones (excluding diaryl/α,β-unsaturated/α-hetero) is 1. The van der Waals surface area contributed by atoms with E-state index in [9.17, 15) is 9.59 Å². The Kier molecular flexibility index (Phi) is 4.22. The van der Waals surface area contributed by atoms with Crippen LogP contribution < -0.4 is 5.69 Å². The number of aryl methyl sites for hydroxylation is 1. The Hall–Kier alpha value is -1.81. The van der Waals surface area contributed by atoms with Crippen molar-refractivity contribution in [3.8, 4) is 0 Å². The van der Waals surface area contributed by atoms with Gasteiger partial charge in [-0.05, 0) is 30.7 Å². The van der Waals surface area contributed by atoms with Gasteiger partial charge in [0, 0.05) is 29.5 Å². The van der Waals surface area contributed by atoms with Crippen LogP contribution in [0.3, 0.4) is 0 Å². The molecule has 5 heteroatoms. The third kappa shape index (κ3) is 3.15. The number of aromatic nitrogens is 2. The van der Waals surface area contributed by atoms with Crippen LogP contribution >= 0.6 is 11.6 Å². The van der Waals surface area contributed by atoms with Crippen LogP contribution in [0.5, 0.6) is 0 Å². The molecule has 2 aromatic rings. The molecule has 0 spiro atoms. The number of nitrogens with zero attached hydrogens (tertiary/aromatic N) is 2. The number of benzene rings is 1. The minimum Gasteiger partial charge on any atom is -0.299 e. The Morgan fingerprint density at radius 1 is 1.16 bits per heavy atom. The van der Waals surface area contributed by atoms with Gasteiger partial charge in [0.15, 0.2) is 5.78 Å². The molecule has 0 N–H and O–H groups in total. The number of carbonyl (C=O) groups is 1. The Labute approximate surface area is 116 Å². The van der Waals surface area contributed by atoms with Crippen LogP contribution in [0.1, 0.15) is 23.7 Å². The molecule has 0 saturated heterocycles. The molecule has 100 valence electrons. The van der Waals surface area contributed by atoms with Gasteiger partial charge >= 0.3 is 5.69 Å². The molecule has 4 nitrogen and oxygen atoms in total. The van der Waals surface area contributed by atoms with E-state index in [1.807, 2.05) is 6.92 Å². The molecule has 0 unspecified atom stereocenters.